The molecule has 0 saturated carbocycles. The molecule has 1 heterocycles. The Labute approximate surface area is 116 Å². The molecular weight excluding hydrogens is 258 g/mol. The molecule has 0 aliphatic rings. The summed E-state index contributed by atoms with van der Waals surface area (Å²) in [7, 11) is 0. The van der Waals surface area contributed by atoms with Gasteiger partial charge in [0.1, 0.15) is 5.01 Å². The first-order valence-corrected chi connectivity index (χ1v) is 6.87. The molecule has 0 spiro atoms. The SMILES string of the molecule is Cc1ccc(C(=O)NC(C)(C)c2nccs2)cc1N. The van der Waals surface area contributed by atoms with Crippen LogP contribution in [0.1, 0.15) is 34.8 Å². The lowest BCUT2D eigenvalue weighted by Gasteiger charge is -2.24. The van der Waals surface area contributed by atoms with Crippen LogP contribution < -0.4 is 11.1 Å². The third-order valence-corrected chi connectivity index (χ3v) is 4.03. The highest BCUT2D eigenvalue weighted by Gasteiger charge is 2.26. The fraction of sp³-hybridized carbons (Fsp3) is 0.286. The number of nitrogens with zero attached hydrogens (tertiary/aromatic N) is 1. The highest BCUT2D eigenvalue weighted by Crippen LogP contribution is 2.23. The van der Waals surface area contributed by atoms with Gasteiger partial charge in [-0.2, -0.15) is 0 Å². The number of thiazole rings is 1. The van der Waals surface area contributed by atoms with E-state index in [4.69, 9.17) is 5.73 Å². The van der Waals surface area contributed by atoms with Gasteiger partial charge in [0, 0.05) is 22.8 Å². The summed E-state index contributed by atoms with van der Waals surface area (Å²) in [5.74, 6) is -0.146. The van der Waals surface area contributed by atoms with Gasteiger partial charge in [-0.15, -0.1) is 11.3 Å². The molecule has 2 rings (SSSR count). The van der Waals surface area contributed by atoms with Crippen molar-refractivity contribution in [2.24, 2.45) is 0 Å². The summed E-state index contributed by atoms with van der Waals surface area (Å²) in [4.78, 5) is 16.5. The molecule has 3 N–H and O–H groups in total. The van der Waals surface area contributed by atoms with Crippen LogP contribution in [0.4, 0.5) is 5.69 Å². The van der Waals surface area contributed by atoms with E-state index in [0.29, 0.717) is 11.3 Å². The van der Waals surface area contributed by atoms with E-state index in [1.54, 1.807) is 18.3 Å². The Balaban J connectivity index is 2.19. The van der Waals surface area contributed by atoms with Crippen molar-refractivity contribution in [1.29, 1.82) is 0 Å². The smallest absolute Gasteiger partial charge is 0.252 e. The fourth-order valence-electron chi connectivity index (χ4n) is 1.72. The van der Waals surface area contributed by atoms with E-state index >= 15 is 0 Å². The predicted molar refractivity (Wildman–Crippen MR) is 78.2 cm³/mol. The van der Waals surface area contributed by atoms with Crippen LogP contribution >= 0.6 is 11.3 Å². The van der Waals surface area contributed by atoms with E-state index in [1.807, 2.05) is 32.2 Å². The largest absolute Gasteiger partial charge is 0.398 e. The van der Waals surface area contributed by atoms with Gasteiger partial charge in [-0.3, -0.25) is 4.79 Å². The Morgan fingerprint density at radius 3 is 2.74 bits per heavy atom. The molecule has 0 radical (unpaired) electrons. The zero-order chi connectivity index (χ0) is 14.0. The van der Waals surface area contributed by atoms with Crippen LogP contribution in [0.5, 0.6) is 0 Å². The molecule has 0 bridgehead atoms. The highest BCUT2D eigenvalue weighted by atomic mass is 32.1. The van der Waals surface area contributed by atoms with Crippen molar-refractivity contribution in [1.82, 2.24) is 10.3 Å². The summed E-state index contributed by atoms with van der Waals surface area (Å²) in [6, 6.07) is 5.32. The summed E-state index contributed by atoms with van der Waals surface area (Å²) in [6.07, 6.45) is 1.73. The molecular formula is C14H17N3OS. The van der Waals surface area contributed by atoms with Crippen molar-refractivity contribution < 1.29 is 4.79 Å². The maximum atomic E-state index is 12.2. The minimum absolute atomic E-state index is 0.146. The van der Waals surface area contributed by atoms with Crippen LogP contribution in [0.15, 0.2) is 29.8 Å². The van der Waals surface area contributed by atoms with Crippen molar-refractivity contribution >= 4 is 22.9 Å². The number of amides is 1. The lowest BCUT2D eigenvalue weighted by molar-refractivity contribution is 0.0912. The normalized spacial score (nSPS) is 11.3. The Morgan fingerprint density at radius 2 is 2.16 bits per heavy atom. The number of aromatic nitrogens is 1. The number of anilines is 1. The number of hydrogen-bond donors (Lipinski definition) is 2. The molecule has 0 saturated heterocycles. The Morgan fingerprint density at radius 1 is 1.42 bits per heavy atom. The second kappa shape index (κ2) is 5.01. The van der Waals surface area contributed by atoms with Crippen molar-refractivity contribution in [3.8, 4) is 0 Å². The van der Waals surface area contributed by atoms with Crippen LogP contribution in [-0.2, 0) is 5.54 Å². The van der Waals surface area contributed by atoms with E-state index in [0.717, 1.165) is 10.6 Å². The zero-order valence-corrected chi connectivity index (χ0v) is 12.0. The third kappa shape index (κ3) is 2.93. The lowest BCUT2D eigenvalue weighted by Crippen LogP contribution is -2.40. The number of benzene rings is 1. The van der Waals surface area contributed by atoms with E-state index in [1.165, 1.54) is 11.3 Å². The monoisotopic (exact) mass is 275 g/mol. The van der Waals surface area contributed by atoms with Gasteiger partial charge in [0.2, 0.25) is 0 Å². The van der Waals surface area contributed by atoms with Gasteiger partial charge in [0.25, 0.3) is 5.91 Å². The topological polar surface area (TPSA) is 68.0 Å². The molecule has 5 heteroatoms. The number of carbonyl (C=O) groups excluding carboxylic acids is 1. The van der Waals surface area contributed by atoms with Gasteiger partial charge in [0.05, 0.1) is 5.54 Å². The molecule has 1 aromatic carbocycles. The van der Waals surface area contributed by atoms with E-state index in [-0.39, 0.29) is 5.91 Å². The van der Waals surface area contributed by atoms with Gasteiger partial charge >= 0.3 is 0 Å². The summed E-state index contributed by atoms with van der Waals surface area (Å²) in [6.45, 7) is 5.78. The summed E-state index contributed by atoms with van der Waals surface area (Å²) < 4.78 is 0. The molecule has 0 aliphatic carbocycles. The Bertz CT molecular complexity index is 591. The first-order chi connectivity index (χ1) is 8.90. The van der Waals surface area contributed by atoms with Crippen molar-refractivity contribution in [2.45, 2.75) is 26.3 Å². The molecule has 19 heavy (non-hydrogen) atoms. The van der Waals surface area contributed by atoms with Gasteiger partial charge in [-0.1, -0.05) is 6.07 Å². The molecule has 2 aromatic rings. The van der Waals surface area contributed by atoms with Crippen molar-refractivity contribution in [3.63, 3.8) is 0 Å². The average molecular weight is 275 g/mol. The van der Waals surface area contributed by atoms with E-state index in [2.05, 4.69) is 10.3 Å². The summed E-state index contributed by atoms with van der Waals surface area (Å²) >= 11 is 1.52. The van der Waals surface area contributed by atoms with Crippen molar-refractivity contribution in [2.75, 3.05) is 5.73 Å². The number of nitrogens with two attached hydrogens (primary N) is 1. The molecule has 100 valence electrons. The van der Waals surface area contributed by atoms with Crippen LogP contribution in [-0.4, -0.2) is 10.9 Å². The highest BCUT2D eigenvalue weighted by molar-refractivity contribution is 7.09. The molecule has 4 nitrogen and oxygen atoms in total. The lowest BCUT2D eigenvalue weighted by atomic mass is 10.0. The third-order valence-electron chi connectivity index (χ3n) is 2.93. The maximum absolute atomic E-state index is 12.2. The number of carbonyl (C=O) groups is 1. The Hall–Kier alpha value is -1.88. The molecule has 0 fully saturated rings. The van der Waals surface area contributed by atoms with Gasteiger partial charge in [0.15, 0.2) is 0 Å². The number of rotatable bonds is 3. The first-order valence-electron chi connectivity index (χ1n) is 5.99. The molecule has 0 unspecified atom stereocenters. The van der Waals surface area contributed by atoms with E-state index < -0.39 is 5.54 Å². The minimum atomic E-state index is -0.495. The number of hydrogen-bond acceptors (Lipinski definition) is 4. The quantitative estimate of drug-likeness (QED) is 0.846. The van der Waals surface area contributed by atoms with Crippen LogP contribution in [0, 0.1) is 6.92 Å². The molecule has 1 aromatic heterocycles. The van der Waals surface area contributed by atoms with Crippen LogP contribution in [0.25, 0.3) is 0 Å². The van der Waals surface area contributed by atoms with Gasteiger partial charge in [-0.05, 0) is 38.5 Å². The van der Waals surface area contributed by atoms with E-state index in [9.17, 15) is 4.79 Å². The van der Waals surface area contributed by atoms with Crippen LogP contribution in [0.3, 0.4) is 0 Å². The average Bonchev–Trinajstić information content (AvgIpc) is 2.86. The Kier molecular flexibility index (Phi) is 3.57. The number of aryl methyl sites for hydroxylation is 1. The van der Waals surface area contributed by atoms with Crippen LogP contribution in [0.2, 0.25) is 0 Å². The maximum Gasteiger partial charge on any atom is 0.252 e. The predicted octanol–water partition coefficient (Wildman–Crippen LogP) is 2.70. The summed E-state index contributed by atoms with van der Waals surface area (Å²) in [5, 5.41) is 5.75. The fourth-order valence-corrected chi connectivity index (χ4v) is 2.44. The number of nitrogens with one attached hydrogen (secondary N) is 1. The summed E-state index contributed by atoms with van der Waals surface area (Å²) in [5.41, 5.74) is 7.49. The molecule has 0 aliphatic heterocycles. The zero-order valence-electron chi connectivity index (χ0n) is 11.2. The second-order valence-corrected chi connectivity index (χ2v) is 5.88. The van der Waals surface area contributed by atoms with Gasteiger partial charge < -0.3 is 11.1 Å². The number of nitrogen functional groups attached to an aromatic ring is 1. The second-order valence-electron chi connectivity index (χ2n) is 4.99. The first kappa shape index (κ1) is 13.5. The molecule has 0 atom stereocenters. The molecule has 1 amide bonds. The standard InChI is InChI=1S/C14H17N3OS/c1-9-4-5-10(8-11(9)15)12(18)17-14(2,3)13-16-6-7-19-13/h4-8H,15H2,1-3H3,(H,17,18). The van der Waals surface area contributed by atoms with Gasteiger partial charge in [-0.25, -0.2) is 4.98 Å². The van der Waals surface area contributed by atoms with Crippen molar-refractivity contribution in [3.05, 3.63) is 45.9 Å². The minimum Gasteiger partial charge on any atom is -0.398 e.